The Balaban J connectivity index is 1.90. The number of aliphatic carboxylic acids is 2. The summed E-state index contributed by atoms with van der Waals surface area (Å²) in [6.07, 6.45) is 18.2. The Morgan fingerprint density at radius 3 is 1.43 bits per heavy atom. The summed E-state index contributed by atoms with van der Waals surface area (Å²) in [5.41, 5.74) is 0. The predicted molar refractivity (Wildman–Crippen MR) is 216 cm³/mol. The van der Waals surface area contributed by atoms with E-state index < -0.39 is 42.4 Å². The van der Waals surface area contributed by atoms with E-state index in [9.17, 15) is 43.5 Å². The number of unbranched alkanes of at least 4 members (excludes halogenated alkanes) is 15. The molecular formula is C41H70N4O15. The number of carbonyl (C=O) groups is 8. The maximum atomic E-state index is 12.3. The highest BCUT2D eigenvalue weighted by Crippen LogP contribution is 2.15. The second kappa shape index (κ2) is 36.6. The zero-order valence-corrected chi connectivity index (χ0v) is 35.4. The topological polar surface area (TPSA) is 262 Å². The summed E-state index contributed by atoms with van der Waals surface area (Å²) >= 11 is 0. The SMILES string of the molecule is O=C(O)CCCCCCCCCCCCCCCCCCC(=O)NC(CCC(=O)NCCOCCOCC(=O)NCCOCCOCC(=O)ON1C(=O)CCC1=O)C(=O)O. The van der Waals surface area contributed by atoms with Crippen LogP contribution in [0.3, 0.4) is 0 Å². The summed E-state index contributed by atoms with van der Waals surface area (Å²) in [5.74, 6) is -4.99. The summed E-state index contributed by atoms with van der Waals surface area (Å²) in [7, 11) is 0. The average molecular weight is 859 g/mol. The van der Waals surface area contributed by atoms with Gasteiger partial charge in [-0.25, -0.2) is 9.59 Å². The average Bonchev–Trinajstić information content (AvgIpc) is 3.52. The quantitative estimate of drug-likeness (QED) is 0.0436. The van der Waals surface area contributed by atoms with Gasteiger partial charge in [-0.2, -0.15) is 0 Å². The summed E-state index contributed by atoms with van der Waals surface area (Å²) in [6, 6.07) is -1.15. The zero-order chi connectivity index (χ0) is 44.1. The molecule has 1 atom stereocenters. The molecule has 1 fully saturated rings. The maximum absolute atomic E-state index is 12.3. The van der Waals surface area contributed by atoms with Crippen molar-refractivity contribution in [3.05, 3.63) is 0 Å². The van der Waals surface area contributed by atoms with E-state index in [2.05, 4.69) is 20.8 Å². The molecule has 344 valence electrons. The van der Waals surface area contributed by atoms with Crippen LogP contribution in [0.4, 0.5) is 0 Å². The normalized spacial score (nSPS) is 13.0. The number of ether oxygens (including phenoxy) is 4. The van der Waals surface area contributed by atoms with Crippen molar-refractivity contribution in [1.29, 1.82) is 0 Å². The van der Waals surface area contributed by atoms with E-state index in [0.29, 0.717) is 11.5 Å². The lowest BCUT2D eigenvalue weighted by molar-refractivity contribution is -0.200. The van der Waals surface area contributed by atoms with E-state index in [1.54, 1.807) is 0 Å². The molecule has 0 aliphatic carbocycles. The highest BCUT2D eigenvalue weighted by atomic mass is 16.7. The van der Waals surface area contributed by atoms with Crippen LogP contribution in [-0.4, -0.2) is 135 Å². The number of hydrogen-bond acceptors (Lipinski definition) is 13. The number of carboxylic acid groups (broad SMARTS) is 2. The van der Waals surface area contributed by atoms with Crippen molar-refractivity contribution in [1.82, 2.24) is 21.0 Å². The number of imide groups is 1. The van der Waals surface area contributed by atoms with Gasteiger partial charge in [0, 0.05) is 45.2 Å². The molecule has 0 radical (unpaired) electrons. The fourth-order valence-corrected chi connectivity index (χ4v) is 6.05. The Hall–Kier alpha value is -4.20. The molecular weight excluding hydrogens is 788 g/mol. The highest BCUT2D eigenvalue weighted by molar-refractivity contribution is 6.01. The minimum Gasteiger partial charge on any atom is -0.481 e. The molecule has 5 N–H and O–H groups in total. The Morgan fingerprint density at radius 2 is 0.950 bits per heavy atom. The number of hydroxylamine groups is 2. The Bertz CT molecular complexity index is 1250. The van der Waals surface area contributed by atoms with E-state index in [4.69, 9.17) is 24.1 Å². The first-order valence-corrected chi connectivity index (χ1v) is 21.6. The molecule has 0 aromatic rings. The van der Waals surface area contributed by atoms with Crippen molar-refractivity contribution < 1.29 is 72.4 Å². The fourth-order valence-electron chi connectivity index (χ4n) is 6.05. The standard InChI is InChI=1S/C41H70N4O15/c46-34(42-23-25-56-27-29-58-31-36(48)43-24-26-57-28-30-59-32-40(53)60-45-37(49)21-22-38(45)50)20-19-33(41(54)55)44-35(47)17-15-13-11-9-7-5-3-1-2-4-6-8-10-12-14-16-18-39(51)52/h33H,1-32H2,(H,42,46)(H,43,48)(H,44,47)(H,51,52)(H,54,55). The van der Waals surface area contributed by atoms with Crippen LogP contribution in [0.15, 0.2) is 0 Å². The van der Waals surface area contributed by atoms with E-state index >= 15 is 0 Å². The second-order valence-corrected chi connectivity index (χ2v) is 14.6. The number of carbonyl (C=O) groups excluding carboxylic acids is 6. The van der Waals surface area contributed by atoms with Crippen LogP contribution >= 0.6 is 0 Å². The Kier molecular flexibility index (Phi) is 32.9. The molecule has 1 aliphatic rings. The molecule has 0 spiro atoms. The summed E-state index contributed by atoms with van der Waals surface area (Å²) < 4.78 is 21.0. The third-order valence-electron chi connectivity index (χ3n) is 9.37. The van der Waals surface area contributed by atoms with Gasteiger partial charge in [-0.15, -0.1) is 5.06 Å². The first kappa shape index (κ1) is 53.8. The molecule has 1 aliphatic heterocycles. The first-order valence-electron chi connectivity index (χ1n) is 21.6. The van der Waals surface area contributed by atoms with Crippen molar-refractivity contribution in [3.8, 4) is 0 Å². The molecule has 0 saturated carbocycles. The summed E-state index contributed by atoms with van der Waals surface area (Å²) in [6.45, 7) is 0.627. The first-order chi connectivity index (χ1) is 29.0. The van der Waals surface area contributed by atoms with Crippen molar-refractivity contribution in [2.75, 3.05) is 65.9 Å². The Labute approximate surface area is 353 Å². The molecule has 1 saturated heterocycles. The van der Waals surface area contributed by atoms with Gasteiger partial charge in [-0.1, -0.05) is 89.9 Å². The zero-order valence-electron chi connectivity index (χ0n) is 35.4. The van der Waals surface area contributed by atoms with Gasteiger partial charge in [0.15, 0.2) is 0 Å². The van der Waals surface area contributed by atoms with Gasteiger partial charge in [0.25, 0.3) is 11.8 Å². The molecule has 1 heterocycles. The van der Waals surface area contributed by atoms with Gasteiger partial charge in [0.05, 0.1) is 39.6 Å². The van der Waals surface area contributed by atoms with Crippen LogP contribution < -0.4 is 16.0 Å². The van der Waals surface area contributed by atoms with Gasteiger partial charge in [-0.05, 0) is 19.3 Å². The lowest BCUT2D eigenvalue weighted by atomic mass is 10.0. The number of nitrogens with zero attached hydrogens (tertiary/aromatic N) is 1. The van der Waals surface area contributed by atoms with E-state index in [-0.39, 0.29) is 116 Å². The number of hydrogen-bond donors (Lipinski definition) is 5. The van der Waals surface area contributed by atoms with Gasteiger partial charge in [-0.3, -0.25) is 28.8 Å². The van der Waals surface area contributed by atoms with Gasteiger partial charge in [0.2, 0.25) is 17.7 Å². The molecule has 60 heavy (non-hydrogen) atoms. The van der Waals surface area contributed by atoms with Gasteiger partial charge >= 0.3 is 17.9 Å². The fraction of sp³-hybridized carbons (Fsp3) is 0.805. The lowest BCUT2D eigenvalue weighted by Gasteiger charge is -2.14. The van der Waals surface area contributed by atoms with Crippen molar-refractivity contribution in [2.45, 2.75) is 147 Å². The predicted octanol–water partition coefficient (Wildman–Crippen LogP) is 3.35. The molecule has 0 aromatic carbocycles. The van der Waals surface area contributed by atoms with Crippen LogP contribution in [0.25, 0.3) is 0 Å². The van der Waals surface area contributed by atoms with E-state index in [1.165, 1.54) is 57.8 Å². The third-order valence-corrected chi connectivity index (χ3v) is 9.37. The highest BCUT2D eigenvalue weighted by Gasteiger charge is 2.32. The summed E-state index contributed by atoms with van der Waals surface area (Å²) in [4.78, 5) is 97.6. The molecule has 5 amide bonds. The van der Waals surface area contributed by atoms with E-state index in [1.807, 2.05) is 0 Å². The second-order valence-electron chi connectivity index (χ2n) is 14.6. The smallest absolute Gasteiger partial charge is 0.358 e. The molecule has 0 bridgehead atoms. The van der Waals surface area contributed by atoms with Crippen LogP contribution in [-0.2, 0) is 62.1 Å². The molecule has 0 aromatic heterocycles. The van der Waals surface area contributed by atoms with Crippen LogP contribution in [0.2, 0.25) is 0 Å². The van der Waals surface area contributed by atoms with Gasteiger partial charge in [0.1, 0.15) is 19.3 Å². The van der Waals surface area contributed by atoms with E-state index in [0.717, 1.165) is 38.5 Å². The lowest BCUT2D eigenvalue weighted by Crippen LogP contribution is -2.41. The third kappa shape index (κ3) is 31.7. The van der Waals surface area contributed by atoms with Crippen molar-refractivity contribution in [2.24, 2.45) is 0 Å². The van der Waals surface area contributed by atoms with Crippen LogP contribution in [0, 0.1) is 0 Å². The van der Waals surface area contributed by atoms with Crippen LogP contribution in [0.1, 0.15) is 141 Å². The summed E-state index contributed by atoms with van der Waals surface area (Å²) in [5, 5.41) is 26.4. The Morgan fingerprint density at radius 1 is 0.517 bits per heavy atom. The number of carboxylic acids is 2. The minimum atomic E-state index is -1.19. The largest absolute Gasteiger partial charge is 0.481 e. The molecule has 19 nitrogen and oxygen atoms in total. The number of rotatable bonds is 41. The minimum absolute atomic E-state index is 0.00237. The van der Waals surface area contributed by atoms with Crippen molar-refractivity contribution >= 4 is 47.4 Å². The van der Waals surface area contributed by atoms with Crippen LogP contribution in [0.5, 0.6) is 0 Å². The molecule has 1 rings (SSSR count). The maximum Gasteiger partial charge on any atom is 0.358 e. The van der Waals surface area contributed by atoms with Gasteiger partial charge < -0.3 is 49.9 Å². The molecule has 19 heteroatoms. The monoisotopic (exact) mass is 858 g/mol. The van der Waals surface area contributed by atoms with Crippen molar-refractivity contribution in [3.63, 3.8) is 0 Å². The molecule has 1 unspecified atom stereocenters. The number of nitrogens with one attached hydrogen (secondary N) is 3. The number of amides is 5.